The van der Waals surface area contributed by atoms with Crippen molar-refractivity contribution in [2.24, 2.45) is 10.4 Å². The van der Waals surface area contributed by atoms with Gasteiger partial charge in [-0.05, 0) is 26.2 Å². The molecule has 0 aliphatic carbocycles. The lowest BCUT2D eigenvalue weighted by Crippen LogP contribution is -2.14. The third kappa shape index (κ3) is 7.67. The van der Waals surface area contributed by atoms with Crippen LogP contribution in [0.3, 0.4) is 0 Å². The van der Waals surface area contributed by atoms with Crippen LogP contribution in [-0.4, -0.2) is 11.8 Å². The molecule has 0 amide bonds. The summed E-state index contributed by atoms with van der Waals surface area (Å²) in [5.41, 5.74) is 0.292. The van der Waals surface area contributed by atoms with E-state index in [-0.39, 0.29) is 11.0 Å². The molecule has 0 aromatic heterocycles. The van der Waals surface area contributed by atoms with E-state index >= 15 is 0 Å². The molecule has 0 aliphatic rings. The molecule has 0 atom stereocenters. The van der Waals surface area contributed by atoms with Crippen molar-refractivity contribution in [2.45, 2.75) is 47.1 Å². The van der Waals surface area contributed by atoms with E-state index in [2.05, 4.69) is 46.5 Å². The molecule has 0 fully saturated rings. The van der Waals surface area contributed by atoms with Crippen LogP contribution in [0.4, 0.5) is 0 Å². The second kappa shape index (κ2) is 2.73. The van der Waals surface area contributed by atoms with Gasteiger partial charge in [0, 0.05) is 6.21 Å². The second-order valence-electron chi connectivity index (χ2n) is 4.80. The molecule has 0 heterocycles. The fourth-order valence-corrected chi connectivity index (χ4v) is 0.387. The normalized spacial score (nSPS) is 14.6. The first kappa shape index (κ1) is 9.67. The van der Waals surface area contributed by atoms with Crippen LogP contribution in [-0.2, 0) is 0 Å². The van der Waals surface area contributed by atoms with E-state index < -0.39 is 0 Å². The quantitative estimate of drug-likeness (QED) is 0.460. The molecule has 0 aliphatic heterocycles. The van der Waals surface area contributed by atoms with Gasteiger partial charge in [0.1, 0.15) is 0 Å². The van der Waals surface area contributed by atoms with Crippen molar-refractivity contribution in [2.75, 3.05) is 0 Å². The van der Waals surface area contributed by atoms with Crippen molar-refractivity contribution < 1.29 is 0 Å². The molecular formula is C9H19N. The number of hydrogen-bond donors (Lipinski definition) is 0. The van der Waals surface area contributed by atoms with Gasteiger partial charge in [-0.3, -0.25) is 4.99 Å². The Morgan fingerprint density at radius 2 is 1.30 bits per heavy atom. The number of aliphatic imine (C=N–C) groups is 1. The maximum atomic E-state index is 4.40. The highest BCUT2D eigenvalue weighted by molar-refractivity contribution is 5.64. The molecule has 0 saturated carbocycles. The average molecular weight is 141 g/mol. The SMILES string of the molecule is CC(C)(C)/C=N/C(C)(C)C. The maximum absolute atomic E-state index is 4.40. The van der Waals surface area contributed by atoms with Gasteiger partial charge in [-0.2, -0.15) is 0 Å². The molecule has 0 N–H and O–H groups in total. The van der Waals surface area contributed by atoms with E-state index in [0.717, 1.165) is 0 Å². The summed E-state index contributed by atoms with van der Waals surface area (Å²) in [7, 11) is 0. The fourth-order valence-electron chi connectivity index (χ4n) is 0.387. The third-order valence-electron chi connectivity index (χ3n) is 0.839. The van der Waals surface area contributed by atoms with Gasteiger partial charge in [-0.1, -0.05) is 20.8 Å². The summed E-state index contributed by atoms with van der Waals surface area (Å²) in [5.74, 6) is 0. The van der Waals surface area contributed by atoms with E-state index in [4.69, 9.17) is 0 Å². The van der Waals surface area contributed by atoms with Gasteiger partial charge in [-0.15, -0.1) is 0 Å². The lowest BCUT2D eigenvalue weighted by atomic mass is 9.98. The van der Waals surface area contributed by atoms with Crippen LogP contribution >= 0.6 is 0 Å². The van der Waals surface area contributed by atoms with Crippen LogP contribution in [0.5, 0.6) is 0 Å². The van der Waals surface area contributed by atoms with Crippen molar-refractivity contribution in [1.29, 1.82) is 0 Å². The summed E-state index contributed by atoms with van der Waals surface area (Å²) in [4.78, 5) is 4.40. The molecule has 0 saturated heterocycles. The minimum absolute atomic E-state index is 0.0767. The monoisotopic (exact) mass is 141 g/mol. The molecule has 0 radical (unpaired) electrons. The molecule has 0 spiro atoms. The van der Waals surface area contributed by atoms with Gasteiger partial charge < -0.3 is 0 Å². The predicted octanol–water partition coefficient (Wildman–Crippen LogP) is 2.90. The first-order chi connectivity index (χ1) is 4.21. The summed E-state index contributed by atoms with van der Waals surface area (Å²) in [6.45, 7) is 12.8. The van der Waals surface area contributed by atoms with Crippen LogP contribution in [0.25, 0.3) is 0 Å². The van der Waals surface area contributed by atoms with Gasteiger partial charge in [0.05, 0.1) is 5.54 Å². The molecule has 1 nitrogen and oxygen atoms in total. The van der Waals surface area contributed by atoms with E-state index in [1.165, 1.54) is 0 Å². The van der Waals surface area contributed by atoms with Crippen molar-refractivity contribution in [1.82, 2.24) is 0 Å². The molecule has 10 heavy (non-hydrogen) atoms. The number of rotatable bonds is 0. The zero-order valence-electron chi connectivity index (χ0n) is 8.02. The molecule has 0 unspecified atom stereocenters. The van der Waals surface area contributed by atoms with Crippen LogP contribution in [0, 0.1) is 5.41 Å². The lowest BCUT2D eigenvalue weighted by Gasteiger charge is -2.16. The van der Waals surface area contributed by atoms with Crippen molar-refractivity contribution in [3.8, 4) is 0 Å². The lowest BCUT2D eigenvalue weighted by molar-refractivity contribution is 0.552. The van der Waals surface area contributed by atoms with Gasteiger partial charge in [-0.25, -0.2) is 0 Å². The second-order valence-corrected chi connectivity index (χ2v) is 4.80. The van der Waals surface area contributed by atoms with Gasteiger partial charge >= 0.3 is 0 Å². The van der Waals surface area contributed by atoms with E-state index in [0.29, 0.717) is 0 Å². The molecule has 0 rings (SSSR count). The van der Waals surface area contributed by atoms with E-state index in [1.807, 2.05) is 6.21 Å². The van der Waals surface area contributed by atoms with Crippen LogP contribution in [0.1, 0.15) is 41.5 Å². The fraction of sp³-hybridized carbons (Fsp3) is 0.889. The van der Waals surface area contributed by atoms with Crippen LogP contribution in [0.2, 0.25) is 0 Å². The first-order valence-corrected chi connectivity index (χ1v) is 3.77. The molecule has 0 aromatic carbocycles. The first-order valence-electron chi connectivity index (χ1n) is 3.77. The van der Waals surface area contributed by atoms with Crippen molar-refractivity contribution >= 4 is 6.21 Å². The smallest absolute Gasteiger partial charge is 0.0520 e. The molecule has 0 bridgehead atoms. The van der Waals surface area contributed by atoms with E-state index in [9.17, 15) is 0 Å². The van der Waals surface area contributed by atoms with E-state index in [1.54, 1.807) is 0 Å². The predicted molar refractivity (Wildman–Crippen MR) is 47.7 cm³/mol. The maximum Gasteiger partial charge on any atom is 0.0520 e. The topological polar surface area (TPSA) is 12.4 Å². The highest BCUT2D eigenvalue weighted by Gasteiger charge is 2.09. The van der Waals surface area contributed by atoms with Crippen LogP contribution < -0.4 is 0 Å². The molecule has 0 aromatic rings. The van der Waals surface area contributed by atoms with Gasteiger partial charge in [0.15, 0.2) is 0 Å². The standard InChI is InChI=1S/C9H19N/c1-8(2,3)7-10-9(4,5)6/h7H,1-6H3/b10-7+. The Kier molecular flexibility index (Phi) is 2.64. The Bertz CT molecular complexity index is 105. The summed E-state index contributed by atoms with van der Waals surface area (Å²) in [6.07, 6.45) is 2.02. The Hall–Kier alpha value is -0.330. The summed E-state index contributed by atoms with van der Waals surface area (Å²) in [5, 5.41) is 0. The molecule has 60 valence electrons. The highest BCUT2D eigenvalue weighted by Crippen LogP contribution is 2.12. The zero-order valence-corrected chi connectivity index (χ0v) is 8.02. The van der Waals surface area contributed by atoms with Gasteiger partial charge in [0.2, 0.25) is 0 Å². The highest BCUT2D eigenvalue weighted by atomic mass is 14.8. The van der Waals surface area contributed by atoms with Crippen molar-refractivity contribution in [3.05, 3.63) is 0 Å². The number of hydrogen-bond acceptors (Lipinski definition) is 1. The Morgan fingerprint density at radius 1 is 0.900 bits per heavy atom. The van der Waals surface area contributed by atoms with Crippen molar-refractivity contribution in [3.63, 3.8) is 0 Å². The summed E-state index contributed by atoms with van der Waals surface area (Å²) >= 11 is 0. The minimum Gasteiger partial charge on any atom is -0.291 e. The summed E-state index contributed by atoms with van der Waals surface area (Å²) in [6, 6.07) is 0. The Morgan fingerprint density at radius 3 is 1.40 bits per heavy atom. The van der Waals surface area contributed by atoms with Crippen LogP contribution in [0.15, 0.2) is 4.99 Å². The minimum atomic E-state index is 0.0767. The molecular weight excluding hydrogens is 122 g/mol. The summed E-state index contributed by atoms with van der Waals surface area (Å²) < 4.78 is 0. The van der Waals surface area contributed by atoms with Gasteiger partial charge in [0.25, 0.3) is 0 Å². The largest absolute Gasteiger partial charge is 0.291 e. The third-order valence-corrected chi connectivity index (χ3v) is 0.839. The number of nitrogens with zero attached hydrogens (tertiary/aromatic N) is 1. The molecule has 1 heteroatoms. The Labute approximate surface area is 64.6 Å². The zero-order chi connectivity index (χ0) is 8.41. The Balaban J connectivity index is 4.01. The average Bonchev–Trinajstić information content (AvgIpc) is 1.57.